The minimum absolute atomic E-state index is 0.172. The number of hydrogen-bond acceptors (Lipinski definition) is 4. The summed E-state index contributed by atoms with van der Waals surface area (Å²) in [7, 11) is 0.179. The Morgan fingerprint density at radius 3 is 2.28 bits per heavy atom. The largest absolute Gasteiger partial charge is 0.380 e. The predicted molar refractivity (Wildman–Crippen MR) is 72.5 cm³/mol. The first-order chi connectivity index (χ1) is 8.47. The molecule has 0 aliphatic carbocycles. The van der Waals surface area contributed by atoms with Crippen molar-refractivity contribution in [3.05, 3.63) is 36.4 Å². The summed E-state index contributed by atoms with van der Waals surface area (Å²) in [6, 6.07) is 10.6. The van der Waals surface area contributed by atoms with E-state index in [1.54, 1.807) is 12.1 Å². The lowest BCUT2D eigenvalue weighted by Crippen LogP contribution is -2.10. The van der Waals surface area contributed by atoms with Gasteiger partial charge in [-0.15, -0.1) is 0 Å². The van der Waals surface area contributed by atoms with Crippen LogP contribution < -0.4 is 4.90 Å². The van der Waals surface area contributed by atoms with Crippen LogP contribution in [0.25, 0.3) is 10.8 Å². The van der Waals surface area contributed by atoms with Crippen LogP contribution in [0.15, 0.2) is 41.3 Å². The lowest BCUT2D eigenvalue weighted by atomic mass is 10.1. The molecular weight excluding hydrogens is 250 g/mol. The van der Waals surface area contributed by atoms with Crippen molar-refractivity contribution in [3.63, 3.8) is 0 Å². The molecule has 0 atom stereocenters. The average Bonchev–Trinajstić information content (AvgIpc) is 2.37. The lowest BCUT2D eigenvalue weighted by Gasteiger charge is -2.16. The van der Waals surface area contributed by atoms with Crippen LogP contribution in [-0.4, -0.2) is 33.6 Å². The molecule has 0 spiro atoms. The third-order valence-electron chi connectivity index (χ3n) is 2.85. The molecule has 0 aliphatic rings. The maximum atomic E-state index is 11.8. The number of benzene rings is 2. The van der Waals surface area contributed by atoms with Gasteiger partial charge in [0, 0.05) is 30.6 Å². The van der Waals surface area contributed by atoms with Crippen molar-refractivity contribution in [2.45, 2.75) is 4.90 Å². The lowest BCUT2D eigenvalue weighted by molar-refractivity contribution is 0.359. The molecule has 0 saturated heterocycles. The van der Waals surface area contributed by atoms with Gasteiger partial charge in [0.1, 0.15) is 5.94 Å². The summed E-state index contributed by atoms with van der Waals surface area (Å²) in [4.78, 5) is 2.10. The summed E-state index contributed by atoms with van der Waals surface area (Å²) in [5.74, 6) is -0.877. The Labute approximate surface area is 106 Å². The molecule has 4 nitrogen and oxygen atoms in total. The van der Waals surface area contributed by atoms with Crippen molar-refractivity contribution >= 4 is 26.3 Å². The molecule has 0 amide bonds. The van der Waals surface area contributed by atoms with Crippen LogP contribution in [0, 0.1) is 0 Å². The summed E-state index contributed by atoms with van der Waals surface area (Å²) < 4.78 is 23.7. The van der Waals surface area contributed by atoms with Gasteiger partial charge in [-0.1, -0.05) is 24.3 Å². The maximum absolute atomic E-state index is 11.8. The topological polar surface area (TPSA) is 57.6 Å². The van der Waals surface area contributed by atoms with Crippen molar-refractivity contribution in [1.29, 1.82) is 0 Å². The molecule has 0 aliphatic heterocycles. The monoisotopic (exact) mass is 265 g/mol. The van der Waals surface area contributed by atoms with Gasteiger partial charge in [-0.25, -0.2) is 8.42 Å². The molecule has 0 fully saturated rings. The zero-order valence-corrected chi connectivity index (χ0v) is 11.1. The van der Waals surface area contributed by atoms with Gasteiger partial charge >= 0.3 is 0 Å². The third kappa shape index (κ3) is 2.07. The number of nitrogens with zero attached hydrogens (tertiary/aromatic N) is 1. The molecule has 0 unspecified atom stereocenters. The van der Waals surface area contributed by atoms with E-state index in [1.807, 2.05) is 37.2 Å². The molecule has 0 radical (unpaired) electrons. The van der Waals surface area contributed by atoms with Gasteiger partial charge in [-0.05, 0) is 12.1 Å². The number of fused-ring (bicyclic) bond motifs is 1. The Hall–Kier alpha value is -1.59. The molecular formula is C13H15NO3S. The number of aliphatic hydroxyl groups is 1. The third-order valence-corrected chi connectivity index (χ3v) is 4.21. The van der Waals surface area contributed by atoms with E-state index in [0.717, 1.165) is 11.1 Å². The Kier molecular flexibility index (Phi) is 3.28. The van der Waals surface area contributed by atoms with Gasteiger partial charge in [0.25, 0.3) is 0 Å². The highest BCUT2D eigenvalue weighted by Gasteiger charge is 2.17. The first kappa shape index (κ1) is 12.9. The number of anilines is 1. The normalized spacial score (nSPS) is 11.7. The van der Waals surface area contributed by atoms with E-state index in [4.69, 9.17) is 5.11 Å². The standard InChI is InChI=1S/C13H15NO3S/c1-14(2)12-7-3-6-11-10(12)5-4-8-13(11)18(16,17)9-15/h3-8,15H,9H2,1-2H3. The van der Waals surface area contributed by atoms with Gasteiger partial charge < -0.3 is 10.0 Å². The predicted octanol–water partition coefficient (Wildman–Crippen LogP) is 1.63. The number of sulfone groups is 1. The highest BCUT2D eigenvalue weighted by molar-refractivity contribution is 7.91. The molecule has 2 aromatic carbocycles. The summed E-state index contributed by atoms with van der Waals surface area (Å²) in [5.41, 5.74) is 0.947. The molecule has 18 heavy (non-hydrogen) atoms. The quantitative estimate of drug-likeness (QED) is 0.916. The van der Waals surface area contributed by atoms with Crippen LogP contribution >= 0.6 is 0 Å². The van der Waals surface area contributed by atoms with Crippen LogP contribution in [0.4, 0.5) is 5.69 Å². The molecule has 0 aromatic heterocycles. The fourth-order valence-corrected chi connectivity index (χ4v) is 2.93. The highest BCUT2D eigenvalue weighted by Crippen LogP contribution is 2.30. The van der Waals surface area contributed by atoms with E-state index < -0.39 is 15.8 Å². The van der Waals surface area contributed by atoms with Crippen molar-refractivity contribution in [3.8, 4) is 0 Å². The number of aliphatic hydroxyl groups excluding tert-OH is 1. The van der Waals surface area contributed by atoms with E-state index >= 15 is 0 Å². The summed E-state index contributed by atoms with van der Waals surface area (Å²) in [6.07, 6.45) is 0. The Morgan fingerprint density at radius 2 is 1.67 bits per heavy atom. The fourth-order valence-electron chi connectivity index (χ4n) is 2.00. The van der Waals surface area contributed by atoms with E-state index in [0.29, 0.717) is 5.39 Å². The second-order valence-electron chi connectivity index (χ2n) is 4.27. The Morgan fingerprint density at radius 1 is 1.06 bits per heavy atom. The zero-order valence-electron chi connectivity index (χ0n) is 10.3. The van der Waals surface area contributed by atoms with Crippen molar-refractivity contribution in [1.82, 2.24) is 0 Å². The average molecular weight is 265 g/mol. The van der Waals surface area contributed by atoms with Crippen LogP contribution in [0.2, 0.25) is 0 Å². The Bertz CT molecular complexity index is 678. The minimum atomic E-state index is -3.63. The minimum Gasteiger partial charge on any atom is -0.380 e. The summed E-state index contributed by atoms with van der Waals surface area (Å²) >= 11 is 0. The first-order valence-electron chi connectivity index (χ1n) is 5.50. The molecule has 2 aromatic rings. The van der Waals surface area contributed by atoms with E-state index in [9.17, 15) is 8.42 Å². The van der Waals surface area contributed by atoms with Crippen molar-refractivity contribution in [2.24, 2.45) is 0 Å². The van der Waals surface area contributed by atoms with Crippen molar-refractivity contribution in [2.75, 3.05) is 24.9 Å². The number of hydrogen-bond donors (Lipinski definition) is 1. The van der Waals surface area contributed by atoms with Crippen molar-refractivity contribution < 1.29 is 13.5 Å². The van der Waals surface area contributed by atoms with Gasteiger partial charge in [0.05, 0.1) is 4.90 Å². The number of rotatable bonds is 3. The Balaban J connectivity index is 2.84. The highest BCUT2D eigenvalue weighted by atomic mass is 32.2. The fraction of sp³-hybridized carbons (Fsp3) is 0.231. The summed E-state index contributed by atoms with van der Waals surface area (Å²) in [5, 5.41) is 10.5. The molecule has 0 heterocycles. The molecule has 0 bridgehead atoms. The SMILES string of the molecule is CN(C)c1cccc2c(S(=O)(=O)CO)cccc12. The van der Waals surface area contributed by atoms with Crippen LogP contribution in [0.1, 0.15) is 0 Å². The van der Waals surface area contributed by atoms with Crippen LogP contribution in [0.3, 0.4) is 0 Å². The van der Waals surface area contributed by atoms with E-state index in [2.05, 4.69) is 0 Å². The summed E-state index contributed by atoms with van der Waals surface area (Å²) in [6.45, 7) is 0. The molecule has 1 N–H and O–H groups in total. The van der Waals surface area contributed by atoms with Gasteiger partial charge in [0.15, 0.2) is 0 Å². The molecule has 2 rings (SSSR count). The van der Waals surface area contributed by atoms with Crippen LogP contribution in [-0.2, 0) is 9.84 Å². The van der Waals surface area contributed by atoms with Gasteiger partial charge in [0.2, 0.25) is 9.84 Å². The molecule has 0 saturated carbocycles. The van der Waals surface area contributed by atoms with Crippen LogP contribution in [0.5, 0.6) is 0 Å². The van der Waals surface area contributed by atoms with Gasteiger partial charge in [-0.3, -0.25) is 0 Å². The molecule has 5 heteroatoms. The maximum Gasteiger partial charge on any atom is 0.202 e. The second kappa shape index (κ2) is 4.59. The second-order valence-corrected chi connectivity index (χ2v) is 6.19. The smallest absolute Gasteiger partial charge is 0.202 e. The van der Waals surface area contributed by atoms with E-state index in [1.165, 1.54) is 6.07 Å². The zero-order chi connectivity index (χ0) is 13.3. The first-order valence-corrected chi connectivity index (χ1v) is 7.15. The molecule has 96 valence electrons. The van der Waals surface area contributed by atoms with E-state index in [-0.39, 0.29) is 4.90 Å². The van der Waals surface area contributed by atoms with Gasteiger partial charge in [-0.2, -0.15) is 0 Å².